The molecule has 1 N–H and O–H groups in total. The zero-order valence-corrected chi connectivity index (χ0v) is 12.4. The molecule has 0 atom stereocenters. The fourth-order valence-corrected chi connectivity index (χ4v) is 2.30. The lowest BCUT2D eigenvalue weighted by Crippen LogP contribution is -2.52. The van der Waals surface area contributed by atoms with Crippen LogP contribution in [0, 0.1) is 5.92 Å². The van der Waals surface area contributed by atoms with Crippen molar-refractivity contribution < 1.29 is 4.79 Å². The van der Waals surface area contributed by atoms with Crippen molar-refractivity contribution in [2.45, 2.75) is 20.3 Å². The molecule has 0 radical (unpaired) electrons. The van der Waals surface area contributed by atoms with Gasteiger partial charge in [-0.05, 0) is 24.5 Å². The number of piperazine rings is 1. The number of hydrogen-bond acceptors (Lipinski definition) is 3. The van der Waals surface area contributed by atoms with Gasteiger partial charge in [0.1, 0.15) is 0 Å². The molecule has 5 nitrogen and oxygen atoms in total. The Morgan fingerprint density at radius 3 is 2.50 bits per heavy atom. The molecule has 2 heterocycles. The SMILES string of the molecule is CC(C)CCNC(=O)N1CCN(c2ccncc2)CC1. The van der Waals surface area contributed by atoms with E-state index in [0.717, 1.165) is 39.1 Å². The first kappa shape index (κ1) is 14.6. The highest BCUT2D eigenvalue weighted by atomic mass is 16.2. The molecule has 1 saturated heterocycles. The van der Waals surface area contributed by atoms with E-state index in [1.54, 1.807) is 12.4 Å². The van der Waals surface area contributed by atoms with Gasteiger partial charge >= 0.3 is 6.03 Å². The number of amides is 2. The topological polar surface area (TPSA) is 48.5 Å². The standard InChI is InChI=1S/C15H24N4O/c1-13(2)3-8-17-15(20)19-11-9-18(10-12-19)14-4-6-16-7-5-14/h4-7,13H,3,8-12H2,1-2H3,(H,17,20). The minimum Gasteiger partial charge on any atom is -0.368 e. The number of aromatic nitrogens is 1. The van der Waals surface area contributed by atoms with Crippen LogP contribution in [0.4, 0.5) is 10.5 Å². The van der Waals surface area contributed by atoms with Crippen molar-refractivity contribution in [3.63, 3.8) is 0 Å². The second kappa shape index (κ2) is 7.12. The van der Waals surface area contributed by atoms with E-state index in [9.17, 15) is 4.79 Å². The molecule has 0 bridgehead atoms. The summed E-state index contributed by atoms with van der Waals surface area (Å²) >= 11 is 0. The Hall–Kier alpha value is -1.78. The Balaban J connectivity index is 1.75. The highest BCUT2D eigenvalue weighted by Gasteiger charge is 2.20. The van der Waals surface area contributed by atoms with Gasteiger partial charge in [-0.2, -0.15) is 0 Å². The molecule has 0 saturated carbocycles. The first-order chi connectivity index (χ1) is 9.66. The molecule has 1 aromatic heterocycles. The van der Waals surface area contributed by atoms with Gasteiger partial charge in [0, 0.05) is 50.8 Å². The lowest BCUT2D eigenvalue weighted by atomic mass is 10.1. The number of hydrogen-bond donors (Lipinski definition) is 1. The third-order valence-corrected chi connectivity index (χ3v) is 3.59. The Kier molecular flexibility index (Phi) is 5.21. The van der Waals surface area contributed by atoms with Gasteiger partial charge in [-0.25, -0.2) is 4.79 Å². The molecule has 2 amide bonds. The van der Waals surface area contributed by atoms with E-state index in [0.29, 0.717) is 5.92 Å². The van der Waals surface area contributed by atoms with Crippen LogP contribution in [0.3, 0.4) is 0 Å². The van der Waals surface area contributed by atoms with Crippen LogP contribution in [0.2, 0.25) is 0 Å². The van der Waals surface area contributed by atoms with Crippen LogP contribution in [-0.2, 0) is 0 Å². The summed E-state index contributed by atoms with van der Waals surface area (Å²) in [6.45, 7) is 8.40. The van der Waals surface area contributed by atoms with Crippen LogP contribution in [0.15, 0.2) is 24.5 Å². The summed E-state index contributed by atoms with van der Waals surface area (Å²) in [5, 5.41) is 3.00. The Labute approximate surface area is 121 Å². The van der Waals surface area contributed by atoms with E-state index >= 15 is 0 Å². The number of nitrogens with zero attached hydrogens (tertiary/aromatic N) is 3. The van der Waals surface area contributed by atoms with E-state index in [2.05, 4.69) is 29.0 Å². The van der Waals surface area contributed by atoms with Crippen LogP contribution >= 0.6 is 0 Å². The minimum atomic E-state index is 0.0695. The summed E-state index contributed by atoms with van der Waals surface area (Å²) in [6, 6.07) is 4.09. The number of urea groups is 1. The minimum absolute atomic E-state index is 0.0695. The third-order valence-electron chi connectivity index (χ3n) is 3.59. The smallest absolute Gasteiger partial charge is 0.317 e. The lowest BCUT2D eigenvalue weighted by molar-refractivity contribution is 0.194. The number of nitrogens with one attached hydrogen (secondary N) is 1. The van der Waals surface area contributed by atoms with E-state index < -0.39 is 0 Å². The van der Waals surface area contributed by atoms with Crippen molar-refractivity contribution in [1.82, 2.24) is 15.2 Å². The van der Waals surface area contributed by atoms with Gasteiger partial charge in [0.25, 0.3) is 0 Å². The summed E-state index contributed by atoms with van der Waals surface area (Å²) in [7, 11) is 0. The van der Waals surface area contributed by atoms with Gasteiger partial charge in [-0.3, -0.25) is 4.98 Å². The summed E-state index contributed by atoms with van der Waals surface area (Å²) < 4.78 is 0. The predicted molar refractivity (Wildman–Crippen MR) is 80.9 cm³/mol. The summed E-state index contributed by atoms with van der Waals surface area (Å²) in [5.41, 5.74) is 1.18. The van der Waals surface area contributed by atoms with Gasteiger partial charge in [0.05, 0.1) is 0 Å². The molecule has 2 rings (SSSR count). The molecule has 110 valence electrons. The molecule has 0 aromatic carbocycles. The Bertz CT molecular complexity index is 413. The van der Waals surface area contributed by atoms with E-state index in [1.165, 1.54) is 5.69 Å². The summed E-state index contributed by atoms with van der Waals surface area (Å²) in [5.74, 6) is 0.624. The molecule has 0 aliphatic carbocycles. The maximum atomic E-state index is 12.0. The van der Waals surface area contributed by atoms with E-state index in [4.69, 9.17) is 0 Å². The van der Waals surface area contributed by atoms with Crippen LogP contribution in [-0.4, -0.2) is 48.6 Å². The largest absolute Gasteiger partial charge is 0.368 e. The van der Waals surface area contributed by atoms with Crippen molar-refractivity contribution >= 4 is 11.7 Å². The number of carbonyl (C=O) groups is 1. The zero-order valence-electron chi connectivity index (χ0n) is 12.4. The van der Waals surface area contributed by atoms with Gasteiger partial charge in [-0.1, -0.05) is 13.8 Å². The third kappa shape index (κ3) is 4.11. The van der Waals surface area contributed by atoms with Crippen molar-refractivity contribution in [2.24, 2.45) is 5.92 Å². The second-order valence-corrected chi connectivity index (χ2v) is 5.59. The fraction of sp³-hybridized carbons (Fsp3) is 0.600. The number of anilines is 1. The maximum Gasteiger partial charge on any atom is 0.317 e. The van der Waals surface area contributed by atoms with E-state index in [-0.39, 0.29) is 6.03 Å². The fourth-order valence-electron chi connectivity index (χ4n) is 2.30. The monoisotopic (exact) mass is 276 g/mol. The lowest BCUT2D eigenvalue weighted by Gasteiger charge is -2.36. The molecule has 20 heavy (non-hydrogen) atoms. The van der Waals surface area contributed by atoms with Crippen LogP contribution in [0.25, 0.3) is 0 Å². The molecule has 0 unspecified atom stereocenters. The van der Waals surface area contributed by atoms with Crippen LogP contribution in [0.5, 0.6) is 0 Å². The van der Waals surface area contributed by atoms with Gasteiger partial charge < -0.3 is 15.1 Å². The van der Waals surface area contributed by atoms with Crippen molar-refractivity contribution in [3.05, 3.63) is 24.5 Å². The Morgan fingerprint density at radius 2 is 1.90 bits per heavy atom. The highest BCUT2D eigenvalue weighted by Crippen LogP contribution is 2.14. The van der Waals surface area contributed by atoms with Crippen molar-refractivity contribution in [1.29, 1.82) is 0 Å². The number of rotatable bonds is 4. The molecular weight excluding hydrogens is 252 g/mol. The van der Waals surface area contributed by atoms with E-state index in [1.807, 2.05) is 17.0 Å². The molecule has 1 fully saturated rings. The zero-order chi connectivity index (χ0) is 14.4. The predicted octanol–water partition coefficient (Wildman–Crippen LogP) is 1.96. The number of carbonyl (C=O) groups excluding carboxylic acids is 1. The molecule has 1 aliphatic rings. The van der Waals surface area contributed by atoms with Gasteiger partial charge in [-0.15, -0.1) is 0 Å². The van der Waals surface area contributed by atoms with Crippen molar-refractivity contribution in [2.75, 3.05) is 37.6 Å². The highest BCUT2D eigenvalue weighted by molar-refractivity contribution is 5.74. The van der Waals surface area contributed by atoms with Gasteiger partial charge in [0.2, 0.25) is 0 Å². The normalized spacial score (nSPS) is 15.6. The molecule has 1 aliphatic heterocycles. The maximum absolute atomic E-state index is 12.0. The second-order valence-electron chi connectivity index (χ2n) is 5.59. The first-order valence-electron chi connectivity index (χ1n) is 7.34. The number of pyridine rings is 1. The molecular formula is C15H24N4O. The van der Waals surface area contributed by atoms with Crippen LogP contribution in [0.1, 0.15) is 20.3 Å². The van der Waals surface area contributed by atoms with Gasteiger partial charge in [0.15, 0.2) is 0 Å². The molecule has 1 aromatic rings. The summed E-state index contributed by atoms with van der Waals surface area (Å²) in [6.07, 6.45) is 4.64. The quantitative estimate of drug-likeness (QED) is 0.914. The molecule has 5 heteroatoms. The summed E-state index contributed by atoms with van der Waals surface area (Å²) in [4.78, 5) is 20.2. The Morgan fingerprint density at radius 1 is 1.25 bits per heavy atom. The van der Waals surface area contributed by atoms with Crippen LogP contribution < -0.4 is 10.2 Å². The first-order valence-corrected chi connectivity index (χ1v) is 7.34. The van der Waals surface area contributed by atoms with Crippen molar-refractivity contribution in [3.8, 4) is 0 Å². The molecule has 0 spiro atoms. The average molecular weight is 276 g/mol. The average Bonchev–Trinajstić information content (AvgIpc) is 2.48.